The third kappa shape index (κ3) is 8.53. The molecule has 0 unspecified atom stereocenters. The number of rotatable bonds is 11. The molecule has 39 heavy (non-hydrogen) atoms. The van der Waals surface area contributed by atoms with E-state index in [1.807, 2.05) is 13.8 Å². The zero-order chi connectivity index (χ0) is 29.7. The van der Waals surface area contributed by atoms with Crippen LogP contribution in [0.15, 0.2) is 0 Å². The van der Waals surface area contributed by atoms with Gasteiger partial charge in [-0.3, -0.25) is 19.2 Å². The number of carbonyl (C=O) groups excluding carboxylic acids is 5. The van der Waals surface area contributed by atoms with E-state index in [9.17, 15) is 34.2 Å². The number of ether oxygens (including phenoxy) is 1. The van der Waals surface area contributed by atoms with Crippen molar-refractivity contribution in [3.8, 4) is 0 Å². The fraction of sp³-hybridized carbons (Fsp3) is 0.808. The van der Waals surface area contributed by atoms with E-state index in [1.54, 1.807) is 13.8 Å². The van der Waals surface area contributed by atoms with Crippen molar-refractivity contribution >= 4 is 29.7 Å². The Hall–Kier alpha value is -2.93. The van der Waals surface area contributed by atoms with E-state index < -0.39 is 71.7 Å². The number of alkyl carbamates (subject to hydrolysis) is 1. The molecule has 2 fully saturated rings. The first-order valence-corrected chi connectivity index (χ1v) is 13.6. The molecule has 0 bridgehead atoms. The molecular weight excluding hydrogens is 510 g/mol. The summed E-state index contributed by atoms with van der Waals surface area (Å²) in [5.41, 5.74) is 4.49. The number of nitrogens with one attached hydrogen (secondary N) is 2. The Kier molecular flexibility index (Phi) is 11.1. The largest absolute Gasteiger partial charge is 0.444 e. The summed E-state index contributed by atoms with van der Waals surface area (Å²) >= 11 is 0. The highest BCUT2D eigenvalue weighted by molar-refractivity contribution is 5.96. The fourth-order valence-corrected chi connectivity index (χ4v) is 5.46. The zero-order valence-electron chi connectivity index (χ0n) is 23.8. The lowest BCUT2D eigenvalue weighted by Crippen LogP contribution is -2.59. The van der Waals surface area contributed by atoms with E-state index in [2.05, 4.69) is 10.6 Å². The Morgan fingerprint density at radius 3 is 1.95 bits per heavy atom. The molecule has 0 saturated carbocycles. The van der Waals surface area contributed by atoms with Crippen LogP contribution in [-0.2, 0) is 23.9 Å². The minimum Gasteiger partial charge on any atom is -0.444 e. The molecule has 0 aromatic carbocycles. The molecule has 0 aromatic heterocycles. The van der Waals surface area contributed by atoms with Crippen molar-refractivity contribution in [2.45, 2.75) is 116 Å². The lowest BCUT2D eigenvalue weighted by molar-refractivity contribution is -0.148. The van der Waals surface area contributed by atoms with Crippen LogP contribution in [0.1, 0.15) is 73.6 Å². The van der Waals surface area contributed by atoms with Crippen LogP contribution >= 0.6 is 0 Å². The molecule has 2 rings (SSSR count). The highest BCUT2D eigenvalue weighted by atomic mass is 16.6. The average Bonchev–Trinajstić information content (AvgIpc) is 3.48. The second-order valence-electron chi connectivity index (χ2n) is 11.6. The van der Waals surface area contributed by atoms with Crippen LogP contribution < -0.4 is 16.4 Å². The van der Waals surface area contributed by atoms with Crippen LogP contribution in [0.2, 0.25) is 0 Å². The minimum atomic E-state index is -1.33. The second kappa shape index (κ2) is 13.4. The molecule has 2 saturated heterocycles. The van der Waals surface area contributed by atoms with Crippen LogP contribution in [0, 0.1) is 5.92 Å². The van der Waals surface area contributed by atoms with Crippen molar-refractivity contribution in [3.05, 3.63) is 0 Å². The molecular formula is C26H45N5O8. The van der Waals surface area contributed by atoms with Gasteiger partial charge in [0.2, 0.25) is 23.6 Å². The van der Waals surface area contributed by atoms with Gasteiger partial charge in [0.25, 0.3) is 0 Å². The van der Waals surface area contributed by atoms with E-state index in [0.29, 0.717) is 32.1 Å². The van der Waals surface area contributed by atoms with Crippen molar-refractivity contribution in [1.82, 2.24) is 20.4 Å². The van der Waals surface area contributed by atoms with E-state index >= 15 is 0 Å². The molecule has 0 aliphatic carbocycles. The summed E-state index contributed by atoms with van der Waals surface area (Å²) in [6.45, 7) is 10.7. The summed E-state index contributed by atoms with van der Waals surface area (Å²) in [6, 6.07) is -4.41. The van der Waals surface area contributed by atoms with Crippen molar-refractivity contribution in [3.63, 3.8) is 0 Å². The van der Waals surface area contributed by atoms with Gasteiger partial charge in [-0.15, -0.1) is 0 Å². The van der Waals surface area contributed by atoms with Crippen molar-refractivity contribution in [2.24, 2.45) is 11.7 Å². The van der Waals surface area contributed by atoms with Gasteiger partial charge in [0.15, 0.2) is 0 Å². The fourth-order valence-electron chi connectivity index (χ4n) is 5.46. The topological polar surface area (TPSA) is 192 Å². The molecule has 0 radical (unpaired) electrons. The molecule has 13 nitrogen and oxygen atoms in total. The summed E-state index contributed by atoms with van der Waals surface area (Å²) in [5, 5.41) is 25.0. The summed E-state index contributed by atoms with van der Waals surface area (Å²) in [5.74, 6) is -2.30. The van der Waals surface area contributed by atoms with E-state index in [1.165, 1.54) is 23.6 Å². The van der Waals surface area contributed by atoms with E-state index in [0.717, 1.165) is 0 Å². The number of primary amides is 1. The van der Waals surface area contributed by atoms with Gasteiger partial charge in [-0.05, 0) is 65.7 Å². The number of hydrogen-bond acceptors (Lipinski definition) is 8. The molecule has 2 aliphatic rings. The van der Waals surface area contributed by atoms with Gasteiger partial charge in [0, 0.05) is 13.1 Å². The number of hydrogen-bond donors (Lipinski definition) is 5. The van der Waals surface area contributed by atoms with Crippen LogP contribution in [0.3, 0.4) is 0 Å². The quantitative estimate of drug-likeness (QED) is 0.228. The molecule has 0 spiro atoms. The van der Waals surface area contributed by atoms with Gasteiger partial charge in [0.1, 0.15) is 29.8 Å². The highest BCUT2D eigenvalue weighted by Crippen LogP contribution is 2.26. The Morgan fingerprint density at radius 1 is 0.897 bits per heavy atom. The van der Waals surface area contributed by atoms with Gasteiger partial charge < -0.3 is 41.1 Å². The molecule has 0 aromatic rings. The molecule has 5 amide bonds. The van der Waals surface area contributed by atoms with Crippen LogP contribution in [0.25, 0.3) is 0 Å². The first-order chi connectivity index (χ1) is 18.1. The normalized spacial score (nSPS) is 22.7. The monoisotopic (exact) mass is 555 g/mol. The average molecular weight is 556 g/mol. The Balaban J connectivity index is 2.14. The molecule has 13 heteroatoms. The molecule has 2 heterocycles. The smallest absolute Gasteiger partial charge is 0.408 e. The Morgan fingerprint density at radius 2 is 1.44 bits per heavy atom. The van der Waals surface area contributed by atoms with Gasteiger partial charge in [0.05, 0.1) is 12.2 Å². The van der Waals surface area contributed by atoms with Crippen molar-refractivity contribution in [2.75, 3.05) is 13.1 Å². The molecule has 6 atom stereocenters. The third-order valence-electron chi connectivity index (χ3n) is 7.04. The zero-order valence-corrected chi connectivity index (χ0v) is 23.8. The van der Waals surface area contributed by atoms with Crippen LogP contribution in [-0.4, -0.2) is 105 Å². The summed E-state index contributed by atoms with van der Waals surface area (Å²) < 4.78 is 5.50. The number of aliphatic hydroxyl groups is 2. The number of aliphatic hydroxyl groups excluding tert-OH is 2. The van der Waals surface area contributed by atoms with E-state index in [-0.39, 0.29) is 19.0 Å². The van der Waals surface area contributed by atoms with Gasteiger partial charge in [-0.1, -0.05) is 13.8 Å². The summed E-state index contributed by atoms with van der Waals surface area (Å²) in [6.07, 6.45) is -0.963. The van der Waals surface area contributed by atoms with Crippen LogP contribution in [0.4, 0.5) is 4.79 Å². The number of nitrogens with zero attached hydrogens (tertiary/aromatic N) is 2. The Bertz CT molecular complexity index is 922. The van der Waals surface area contributed by atoms with Crippen LogP contribution in [0.5, 0.6) is 0 Å². The highest BCUT2D eigenvalue weighted by Gasteiger charge is 2.45. The molecule has 222 valence electrons. The predicted octanol–water partition coefficient (Wildman–Crippen LogP) is -0.380. The maximum Gasteiger partial charge on any atom is 0.408 e. The Labute approximate surface area is 229 Å². The standard InChI is InChI=1S/C26H45N5O8/c1-14(2)13-26(5,6)39-25(38)29-20(16(4)33)24(37)31-12-8-10-18(31)23(36)30-11-7-9-17(30)22(35)28-19(15(3)32)21(27)34/h14-20,32-33H,7-13H2,1-6H3,(H2,27,34)(H,28,35)(H,29,38)/t15-,16-,17+,18+,19+,20+/m1/s1. The maximum atomic E-state index is 13.6. The maximum absolute atomic E-state index is 13.6. The first kappa shape index (κ1) is 32.3. The first-order valence-electron chi connectivity index (χ1n) is 13.6. The number of likely N-dealkylation sites (tertiary alicyclic amines) is 2. The van der Waals surface area contributed by atoms with Gasteiger partial charge >= 0.3 is 6.09 Å². The summed E-state index contributed by atoms with van der Waals surface area (Å²) in [4.78, 5) is 66.9. The predicted molar refractivity (Wildman–Crippen MR) is 141 cm³/mol. The van der Waals surface area contributed by atoms with E-state index in [4.69, 9.17) is 10.5 Å². The minimum absolute atomic E-state index is 0.241. The summed E-state index contributed by atoms with van der Waals surface area (Å²) in [7, 11) is 0. The number of carbonyl (C=O) groups is 5. The van der Waals surface area contributed by atoms with Crippen molar-refractivity contribution in [1.29, 1.82) is 0 Å². The lowest BCUT2D eigenvalue weighted by Gasteiger charge is -2.34. The third-order valence-corrected chi connectivity index (χ3v) is 7.04. The molecule has 2 aliphatic heterocycles. The van der Waals surface area contributed by atoms with Crippen molar-refractivity contribution < 1.29 is 38.9 Å². The van der Waals surface area contributed by atoms with Gasteiger partial charge in [-0.25, -0.2) is 4.79 Å². The van der Waals surface area contributed by atoms with Gasteiger partial charge in [-0.2, -0.15) is 0 Å². The SMILES string of the molecule is CC(C)CC(C)(C)OC(=O)N[C@H](C(=O)N1CCC[C@H]1C(=O)N1CCC[C@H]1C(=O)N[C@H](C(N)=O)[C@@H](C)O)[C@@H](C)O. The number of nitrogens with two attached hydrogens (primary N) is 1. The second-order valence-corrected chi connectivity index (χ2v) is 11.6. The number of amides is 5. The molecule has 6 N–H and O–H groups in total. The lowest BCUT2D eigenvalue weighted by atomic mass is 9.96.